The zero-order chi connectivity index (χ0) is 22.3. The number of aliphatic imine (C=N–C) groups is 1. The van der Waals surface area contributed by atoms with Crippen molar-refractivity contribution in [1.29, 1.82) is 0 Å². The Morgan fingerprint density at radius 1 is 0.758 bits per heavy atom. The average Bonchev–Trinajstić information content (AvgIpc) is 3.41. The van der Waals surface area contributed by atoms with Crippen LogP contribution in [0.25, 0.3) is 0 Å². The molecule has 0 amide bonds. The average molecular weight is 462 g/mol. The highest BCUT2D eigenvalue weighted by Crippen LogP contribution is 2.35. The molecular formula is C27H27NO4S. The van der Waals surface area contributed by atoms with Crippen molar-refractivity contribution in [2.45, 2.75) is 43.5 Å². The van der Waals surface area contributed by atoms with Crippen LogP contribution in [0.15, 0.2) is 96.0 Å². The molecule has 2 heterocycles. The minimum atomic E-state index is -0.366. The maximum absolute atomic E-state index is 6.32. The molecule has 170 valence electrons. The van der Waals surface area contributed by atoms with Gasteiger partial charge in [-0.3, -0.25) is 0 Å². The smallest absolute Gasteiger partial charge is 0.249 e. The fourth-order valence-corrected chi connectivity index (χ4v) is 4.79. The second kappa shape index (κ2) is 11.0. The van der Waals surface area contributed by atoms with Crippen molar-refractivity contribution in [3.05, 3.63) is 108 Å². The minimum Gasteiger partial charge on any atom is -0.462 e. The van der Waals surface area contributed by atoms with E-state index in [-0.39, 0.29) is 24.5 Å². The maximum Gasteiger partial charge on any atom is 0.249 e. The van der Waals surface area contributed by atoms with Crippen molar-refractivity contribution in [3.8, 4) is 0 Å². The molecule has 2 aliphatic heterocycles. The van der Waals surface area contributed by atoms with Crippen LogP contribution in [0.5, 0.6) is 0 Å². The van der Waals surface area contributed by atoms with Crippen molar-refractivity contribution < 1.29 is 18.9 Å². The van der Waals surface area contributed by atoms with Crippen LogP contribution in [0.2, 0.25) is 0 Å². The number of nitrogens with zero attached hydrogens (tertiary/aromatic N) is 1. The van der Waals surface area contributed by atoms with Gasteiger partial charge in [-0.05, 0) is 16.7 Å². The SMILES string of the molecule is c1ccc(COC[C@H]2O[C@@H]3N=C(SCc4ccccc4)O[C@@H]3[C@@H]2OCc2ccccc2)cc1. The van der Waals surface area contributed by atoms with E-state index >= 15 is 0 Å². The zero-order valence-corrected chi connectivity index (χ0v) is 19.1. The summed E-state index contributed by atoms with van der Waals surface area (Å²) in [5.74, 6) is 0.804. The predicted molar refractivity (Wildman–Crippen MR) is 130 cm³/mol. The van der Waals surface area contributed by atoms with E-state index in [1.807, 2.05) is 54.6 Å². The van der Waals surface area contributed by atoms with Crippen molar-refractivity contribution in [2.24, 2.45) is 4.99 Å². The van der Waals surface area contributed by atoms with Gasteiger partial charge in [-0.15, -0.1) is 0 Å². The molecule has 1 fully saturated rings. The Labute approximate surface area is 198 Å². The summed E-state index contributed by atoms with van der Waals surface area (Å²) in [6, 6.07) is 30.6. The fourth-order valence-electron chi connectivity index (χ4n) is 3.95. The molecule has 0 unspecified atom stereocenters. The molecule has 0 aliphatic carbocycles. The number of fused-ring (bicyclic) bond motifs is 1. The van der Waals surface area contributed by atoms with Crippen LogP contribution in [0.1, 0.15) is 16.7 Å². The third-order valence-electron chi connectivity index (χ3n) is 5.64. The number of rotatable bonds is 9. The lowest BCUT2D eigenvalue weighted by atomic mass is 10.1. The first-order chi connectivity index (χ1) is 16.3. The summed E-state index contributed by atoms with van der Waals surface area (Å²) in [5, 5.41) is 0.658. The molecule has 0 radical (unpaired) electrons. The van der Waals surface area contributed by atoms with Crippen LogP contribution in [0.3, 0.4) is 0 Å². The summed E-state index contributed by atoms with van der Waals surface area (Å²) in [6.07, 6.45) is -1.13. The Bertz CT molecular complexity index is 1030. The van der Waals surface area contributed by atoms with E-state index in [1.54, 1.807) is 11.8 Å². The van der Waals surface area contributed by atoms with E-state index in [0.717, 1.165) is 16.9 Å². The van der Waals surface area contributed by atoms with Crippen LogP contribution in [-0.2, 0) is 37.9 Å². The molecule has 3 aromatic rings. The number of thioether (sulfide) groups is 1. The lowest BCUT2D eigenvalue weighted by Crippen LogP contribution is -2.37. The molecule has 6 heteroatoms. The second-order valence-corrected chi connectivity index (χ2v) is 9.01. The van der Waals surface area contributed by atoms with Gasteiger partial charge in [0.25, 0.3) is 0 Å². The number of ether oxygens (including phenoxy) is 4. The van der Waals surface area contributed by atoms with E-state index in [0.29, 0.717) is 25.1 Å². The highest BCUT2D eigenvalue weighted by Gasteiger charge is 2.51. The lowest BCUT2D eigenvalue weighted by molar-refractivity contribution is -0.0772. The molecule has 0 bridgehead atoms. The first-order valence-electron chi connectivity index (χ1n) is 11.2. The van der Waals surface area contributed by atoms with Gasteiger partial charge in [-0.2, -0.15) is 0 Å². The Morgan fingerprint density at radius 3 is 2.03 bits per heavy atom. The third kappa shape index (κ3) is 5.84. The summed E-state index contributed by atoms with van der Waals surface area (Å²) >= 11 is 1.59. The lowest BCUT2D eigenvalue weighted by Gasteiger charge is -2.23. The number of hydrogen-bond acceptors (Lipinski definition) is 6. The molecule has 2 aliphatic rings. The molecule has 4 atom stereocenters. The summed E-state index contributed by atoms with van der Waals surface area (Å²) in [7, 11) is 0. The van der Waals surface area contributed by atoms with Gasteiger partial charge in [0.1, 0.15) is 12.2 Å². The Hall–Kier alpha value is -2.64. The zero-order valence-electron chi connectivity index (χ0n) is 18.3. The van der Waals surface area contributed by atoms with Crippen molar-refractivity contribution in [2.75, 3.05) is 6.61 Å². The Balaban J connectivity index is 1.21. The Morgan fingerprint density at radius 2 is 1.36 bits per heavy atom. The van der Waals surface area contributed by atoms with Crippen molar-refractivity contribution in [1.82, 2.24) is 0 Å². The first-order valence-corrected chi connectivity index (χ1v) is 12.2. The van der Waals surface area contributed by atoms with Crippen molar-refractivity contribution >= 4 is 17.0 Å². The van der Waals surface area contributed by atoms with Crippen LogP contribution in [0.4, 0.5) is 0 Å². The van der Waals surface area contributed by atoms with Crippen LogP contribution in [-0.4, -0.2) is 36.4 Å². The van der Waals surface area contributed by atoms with Gasteiger partial charge in [0.2, 0.25) is 5.23 Å². The van der Waals surface area contributed by atoms with Gasteiger partial charge in [-0.25, -0.2) is 4.99 Å². The first kappa shape index (κ1) is 22.2. The predicted octanol–water partition coefficient (Wildman–Crippen LogP) is 5.20. The van der Waals surface area contributed by atoms with Gasteiger partial charge in [0.15, 0.2) is 12.3 Å². The van der Waals surface area contributed by atoms with E-state index in [1.165, 1.54) is 5.56 Å². The molecule has 0 saturated carbocycles. The summed E-state index contributed by atoms with van der Waals surface area (Å²) in [5.41, 5.74) is 3.48. The summed E-state index contributed by atoms with van der Waals surface area (Å²) in [4.78, 5) is 4.69. The molecule has 5 nitrogen and oxygen atoms in total. The van der Waals surface area contributed by atoms with E-state index in [2.05, 4.69) is 41.4 Å². The molecule has 0 spiro atoms. The van der Waals surface area contributed by atoms with Crippen molar-refractivity contribution in [3.63, 3.8) is 0 Å². The van der Waals surface area contributed by atoms with E-state index in [9.17, 15) is 0 Å². The van der Waals surface area contributed by atoms with Crippen LogP contribution in [0, 0.1) is 0 Å². The van der Waals surface area contributed by atoms with E-state index < -0.39 is 0 Å². The van der Waals surface area contributed by atoms with Gasteiger partial charge in [0.05, 0.1) is 19.8 Å². The highest BCUT2D eigenvalue weighted by molar-refractivity contribution is 8.12. The number of benzene rings is 3. The number of hydrogen-bond donors (Lipinski definition) is 0. The normalized spacial score (nSPS) is 23.7. The topological polar surface area (TPSA) is 49.3 Å². The maximum atomic E-state index is 6.32. The largest absolute Gasteiger partial charge is 0.462 e. The quantitative estimate of drug-likeness (QED) is 0.438. The fraction of sp³-hybridized carbons (Fsp3) is 0.296. The minimum absolute atomic E-state index is 0.239. The van der Waals surface area contributed by atoms with Gasteiger partial charge < -0.3 is 18.9 Å². The van der Waals surface area contributed by atoms with Crippen LogP contribution < -0.4 is 0 Å². The molecule has 3 aromatic carbocycles. The van der Waals surface area contributed by atoms with Gasteiger partial charge in [0, 0.05) is 5.75 Å². The molecule has 0 aromatic heterocycles. The molecule has 5 rings (SSSR count). The molecule has 1 saturated heterocycles. The van der Waals surface area contributed by atoms with E-state index in [4.69, 9.17) is 18.9 Å². The Kier molecular flexibility index (Phi) is 7.38. The molecule has 33 heavy (non-hydrogen) atoms. The molecular weight excluding hydrogens is 434 g/mol. The summed E-state index contributed by atoms with van der Waals surface area (Å²) < 4.78 is 24.7. The standard InChI is InChI=1S/C27H27NO4S/c1-4-10-20(11-5-1)16-29-18-23-24(30-17-21-12-6-2-7-13-21)25-26(31-23)28-27(32-25)33-19-22-14-8-3-9-15-22/h1-15,23-26H,16-19H2/t23-,24-,25-,26+/m1/s1. The van der Waals surface area contributed by atoms with Gasteiger partial charge >= 0.3 is 0 Å². The second-order valence-electron chi connectivity index (χ2n) is 8.08. The van der Waals surface area contributed by atoms with Gasteiger partial charge in [-0.1, -0.05) is 103 Å². The third-order valence-corrected chi connectivity index (χ3v) is 6.57. The van der Waals surface area contributed by atoms with Crippen LogP contribution >= 0.6 is 11.8 Å². The summed E-state index contributed by atoms with van der Waals surface area (Å²) in [6.45, 7) is 1.44. The highest BCUT2D eigenvalue weighted by atomic mass is 32.2. The monoisotopic (exact) mass is 461 g/mol. The molecule has 0 N–H and O–H groups in total.